The molecule has 3 N–H and O–H groups in total. The third kappa shape index (κ3) is 8.23. The summed E-state index contributed by atoms with van der Waals surface area (Å²) in [5, 5.41) is 24.8. The number of benzene rings is 1. The molecule has 0 unspecified atom stereocenters. The van der Waals surface area contributed by atoms with E-state index in [0.717, 1.165) is 62.1 Å². The van der Waals surface area contributed by atoms with Gasteiger partial charge in [-0.15, -0.1) is 34.2 Å². The minimum Gasteiger partial charge on any atom is -0.497 e. The summed E-state index contributed by atoms with van der Waals surface area (Å²) >= 11 is 0. The number of rotatable bonds is 12. The lowest BCUT2D eigenvalue weighted by Crippen LogP contribution is -2.44. The van der Waals surface area contributed by atoms with Crippen molar-refractivity contribution in [2.24, 2.45) is 17.5 Å². The Labute approximate surface area is 209 Å². The number of nitrogens with zero attached hydrogens (tertiary/aromatic N) is 4. The predicted octanol–water partition coefficient (Wildman–Crippen LogP) is 3.22. The number of aliphatic hydroxyl groups excluding tert-OH is 1. The number of aliphatic imine (C=N–C) groups is 1. The second-order valence-electron chi connectivity index (χ2n) is 7.95. The normalized spacial score (nSPS) is 11.8. The molecule has 0 saturated heterocycles. The molecule has 0 bridgehead atoms. The molecule has 2 aromatic rings. The highest BCUT2D eigenvalue weighted by Crippen LogP contribution is 2.29. The second kappa shape index (κ2) is 14.3. The van der Waals surface area contributed by atoms with Crippen molar-refractivity contribution in [2.45, 2.75) is 53.0 Å². The summed E-state index contributed by atoms with van der Waals surface area (Å²) in [6.07, 6.45) is 3.64. The fraction of sp³-hybridized carbons (Fsp3) is 0.609. The van der Waals surface area contributed by atoms with E-state index in [-0.39, 0.29) is 36.0 Å². The van der Waals surface area contributed by atoms with Gasteiger partial charge in [-0.3, -0.25) is 0 Å². The van der Waals surface area contributed by atoms with E-state index in [1.165, 1.54) is 5.56 Å². The van der Waals surface area contributed by atoms with Gasteiger partial charge in [-0.05, 0) is 55.7 Å². The third-order valence-corrected chi connectivity index (χ3v) is 6.20. The Morgan fingerprint density at radius 3 is 2.38 bits per heavy atom. The molecule has 9 heteroatoms. The number of guanidine groups is 1. The molecule has 0 aliphatic carbocycles. The highest BCUT2D eigenvalue weighted by molar-refractivity contribution is 14.0. The molecule has 1 aromatic heterocycles. The van der Waals surface area contributed by atoms with Gasteiger partial charge in [0, 0.05) is 26.7 Å². The van der Waals surface area contributed by atoms with E-state index in [2.05, 4.69) is 46.8 Å². The van der Waals surface area contributed by atoms with Crippen molar-refractivity contribution in [1.29, 1.82) is 0 Å². The molecule has 0 spiro atoms. The van der Waals surface area contributed by atoms with E-state index < -0.39 is 0 Å². The van der Waals surface area contributed by atoms with E-state index in [1.54, 1.807) is 7.11 Å². The van der Waals surface area contributed by atoms with Crippen molar-refractivity contribution in [1.82, 2.24) is 25.4 Å². The summed E-state index contributed by atoms with van der Waals surface area (Å²) in [5.74, 6) is 3.30. The number of ether oxygens (including phenoxy) is 1. The standard InChI is InChI=1S/C23H38N6O2.HI/c1-6-23(7-2,13-15-30)17-26-22(25-16-21-28-27-18(3)29(21)4)24-14-12-19-8-10-20(31-5)11-9-19;/h8-11,30H,6-7,12-17H2,1-5H3,(H2,24,25,26);1H. The van der Waals surface area contributed by atoms with Gasteiger partial charge < -0.3 is 25.0 Å². The molecule has 0 fully saturated rings. The van der Waals surface area contributed by atoms with Gasteiger partial charge in [0.2, 0.25) is 0 Å². The van der Waals surface area contributed by atoms with Gasteiger partial charge in [0.1, 0.15) is 18.1 Å². The lowest BCUT2D eigenvalue weighted by atomic mass is 9.79. The zero-order valence-corrected chi connectivity index (χ0v) is 22.3. The molecule has 0 amide bonds. The first-order chi connectivity index (χ1) is 15.0. The molecule has 1 heterocycles. The van der Waals surface area contributed by atoms with Crippen LogP contribution in [0.1, 0.15) is 50.3 Å². The third-order valence-electron chi connectivity index (χ3n) is 6.20. The first-order valence-electron chi connectivity index (χ1n) is 11.1. The van der Waals surface area contributed by atoms with Gasteiger partial charge in [0.25, 0.3) is 0 Å². The van der Waals surface area contributed by atoms with E-state index in [4.69, 9.17) is 9.73 Å². The summed E-state index contributed by atoms with van der Waals surface area (Å²) in [6.45, 7) is 8.43. The minimum absolute atomic E-state index is 0. The van der Waals surface area contributed by atoms with Crippen molar-refractivity contribution in [2.75, 3.05) is 26.8 Å². The number of aromatic nitrogens is 3. The summed E-state index contributed by atoms with van der Waals surface area (Å²) in [4.78, 5) is 4.75. The Bertz CT molecular complexity index is 818. The second-order valence-corrected chi connectivity index (χ2v) is 7.95. The lowest BCUT2D eigenvalue weighted by molar-refractivity contribution is 0.169. The van der Waals surface area contributed by atoms with Gasteiger partial charge in [-0.2, -0.15) is 0 Å². The van der Waals surface area contributed by atoms with Crippen molar-refractivity contribution in [3.63, 3.8) is 0 Å². The zero-order chi connectivity index (χ0) is 22.7. The fourth-order valence-electron chi connectivity index (χ4n) is 3.48. The molecular weight excluding hydrogens is 519 g/mol. The number of hydrogen-bond donors (Lipinski definition) is 3. The van der Waals surface area contributed by atoms with Crippen LogP contribution in [0.15, 0.2) is 29.3 Å². The predicted molar refractivity (Wildman–Crippen MR) is 140 cm³/mol. The fourth-order valence-corrected chi connectivity index (χ4v) is 3.48. The Morgan fingerprint density at radius 2 is 1.84 bits per heavy atom. The van der Waals surface area contributed by atoms with Gasteiger partial charge in [-0.1, -0.05) is 26.0 Å². The highest BCUT2D eigenvalue weighted by atomic mass is 127. The number of aliphatic hydroxyl groups is 1. The van der Waals surface area contributed by atoms with Crippen LogP contribution in [0.4, 0.5) is 0 Å². The molecule has 180 valence electrons. The van der Waals surface area contributed by atoms with Crippen molar-refractivity contribution in [3.05, 3.63) is 41.5 Å². The maximum absolute atomic E-state index is 9.52. The number of methoxy groups -OCH3 is 1. The number of aryl methyl sites for hydroxylation is 1. The summed E-state index contributed by atoms with van der Waals surface area (Å²) in [5.41, 5.74) is 1.28. The first kappa shape index (κ1) is 28.2. The van der Waals surface area contributed by atoms with Crippen LogP contribution in [0.5, 0.6) is 5.75 Å². The monoisotopic (exact) mass is 558 g/mol. The quantitative estimate of drug-likeness (QED) is 0.210. The SMILES string of the molecule is CCC(CC)(CCO)CNC(=NCc1nnc(C)n1C)NCCc1ccc(OC)cc1.I. The smallest absolute Gasteiger partial charge is 0.191 e. The largest absolute Gasteiger partial charge is 0.497 e. The van der Waals surface area contributed by atoms with Crippen LogP contribution in [0.3, 0.4) is 0 Å². The molecule has 0 radical (unpaired) electrons. The molecule has 0 atom stereocenters. The number of hydrogen-bond acceptors (Lipinski definition) is 5. The Morgan fingerprint density at radius 1 is 1.16 bits per heavy atom. The van der Waals surface area contributed by atoms with E-state index >= 15 is 0 Å². The van der Waals surface area contributed by atoms with Gasteiger partial charge >= 0.3 is 0 Å². The molecule has 2 rings (SSSR count). The first-order valence-corrected chi connectivity index (χ1v) is 11.1. The topological polar surface area (TPSA) is 96.6 Å². The summed E-state index contributed by atoms with van der Waals surface area (Å²) in [6, 6.07) is 8.11. The zero-order valence-electron chi connectivity index (χ0n) is 20.0. The Kier molecular flexibility index (Phi) is 12.6. The summed E-state index contributed by atoms with van der Waals surface area (Å²) in [7, 11) is 3.62. The van der Waals surface area contributed by atoms with Crippen LogP contribution in [-0.4, -0.2) is 52.6 Å². The van der Waals surface area contributed by atoms with Crippen LogP contribution in [0, 0.1) is 12.3 Å². The van der Waals surface area contributed by atoms with Crippen LogP contribution < -0.4 is 15.4 Å². The van der Waals surface area contributed by atoms with Gasteiger partial charge in [0.05, 0.1) is 7.11 Å². The van der Waals surface area contributed by atoms with Crippen molar-refractivity contribution in [3.8, 4) is 5.75 Å². The molecule has 8 nitrogen and oxygen atoms in total. The molecule has 0 aliphatic rings. The Balaban J connectivity index is 0.00000512. The number of halogens is 1. The van der Waals surface area contributed by atoms with E-state index in [1.807, 2.05) is 30.7 Å². The average Bonchev–Trinajstić information content (AvgIpc) is 3.12. The van der Waals surface area contributed by atoms with Gasteiger partial charge in [-0.25, -0.2) is 4.99 Å². The van der Waals surface area contributed by atoms with Gasteiger partial charge in [0.15, 0.2) is 11.8 Å². The molecule has 0 aliphatic heterocycles. The van der Waals surface area contributed by atoms with E-state index in [9.17, 15) is 5.11 Å². The van der Waals surface area contributed by atoms with Crippen molar-refractivity contribution >= 4 is 29.9 Å². The lowest BCUT2D eigenvalue weighted by Gasteiger charge is -2.32. The maximum Gasteiger partial charge on any atom is 0.191 e. The molecular formula is C23H39IN6O2. The van der Waals surface area contributed by atoms with Crippen LogP contribution in [0.2, 0.25) is 0 Å². The van der Waals surface area contributed by atoms with Crippen molar-refractivity contribution < 1.29 is 9.84 Å². The average molecular weight is 559 g/mol. The van der Waals surface area contributed by atoms with E-state index in [0.29, 0.717) is 6.54 Å². The summed E-state index contributed by atoms with van der Waals surface area (Å²) < 4.78 is 7.18. The molecule has 0 saturated carbocycles. The minimum atomic E-state index is 0. The van der Waals surface area contributed by atoms with Crippen LogP contribution in [-0.2, 0) is 20.0 Å². The van der Waals surface area contributed by atoms with Crippen LogP contribution in [0.25, 0.3) is 0 Å². The molecule has 1 aromatic carbocycles. The Hall–Kier alpha value is -1.88. The number of nitrogens with one attached hydrogen (secondary N) is 2. The maximum atomic E-state index is 9.52. The molecule has 32 heavy (non-hydrogen) atoms. The van der Waals surface area contributed by atoms with Crippen LogP contribution >= 0.6 is 24.0 Å². The highest BCUT2D eigenvalue weighted by Gasteiger charge is 2.25.